The van der Waals surface area contributed by atoms with Crippen LogP contribution in [0.1, 0.15) is 10.4 Å². The summed E-state index contributed by atoms with van der Waals surface area (Å²) in [5, 5.41) is 0. The van der Waals surface area contributed by atoms with E-state index in [1.54, 1.807) is 42.0 Å². The van der Waals surface area contributed by atoms with Crippen molar-refractivity contribution in [1.82, 2.24) is 14.8 Å². The maximum atomic E-state index is 13.1. The largest absolute Gasteiger partial charge is 0.378 e. The van der Waals surface area contributed by atoms with E-state index >= 15 is 0 Å². The third kappa shape index (κ3) is 7.15. The van der Waals surface area contributed by atoms with Gasteiger partial charge in [0.15, 0.2) is 5.78 Å². The number of thiocarbonyl (C=S) groups is 2. The highest BCUT2D eigenvalue weighted by Gasteiger charge is 2.25. The van der Waals surface area contributed by atoms with E-state index in [-0.39, 0.29) is 11.7 Å². The van der Waals surface area contributed by atoms with Crippen LogP contribution in [0, 0.1) is 5.92 Å². The minimum atomic E-state index is -0.188. The Morgan fingerprint density at radius 3 is 1.97 bits per heavy atom. The summed E-state index contributed by atoms with van der Waals surface area (Å²) in [4.78, 5) is 21.5. The van der Waals surface area contributed by atoms with E-state index in [0.29, 0.717) is 43.5 Å². The number of hydrogen-bond acceptors (Lipinski definition) is 8. The SMILES string of the molecule is O=C(c1cccnc1)C(CSC(=S)N1CCOCC1)CSC(=S)N1CCOCC1. The van der Waals surface area contributed by atoms with Gasteiger partial charge < -0.3 is 19.3 Å². The number of nitrogens with zero attached hydrogens (tertiary/aromatic N) is 3. The van der Waals surface area contributed by atoms with Gasteiger partial charge in [-0.25, -0.2) is 0 Å². The Morgan fingerprint density at radius 2 is 1.52 bits per heavy atom. The van der Waals surface area contributed by atoms with Gasteiger partial charge in [-0.1, -0.05) is 48.0 Å². The molecule has 1 aromatic rings. The maximum Gasteiger partial charge on any atom is 0.169 e. The molecule has 2 aliphatic heterocycles. The molecule has 0 atom stereocenters. The molecule has 0 N–H and O–H groups in total. The first-order valence-electron chi connectivity index (χ1n) is 9.58. The monoisotopic (exact) mass is 471 g/mol. The van der Waals surface area contributed by atoms with Gasteiger partial charge >= 0.3 is 0 Å². The number of aromatic nitrogens is 1. The lowest BCUT2D eigenvalue weighted by atomic mass is 10.0. The number of carbonyl (C=O) groups is 1. The van der Waals surface area contributed by atoms with E-state index in [1.807, 2.05) is 6.07 Å². The van der Waals surface area contributed by atoms with Crippen LogP contribution >= 0.6 is 48.0 Å². The molecule has 2 fully saturated rings. The van der Waals surface area contributed by atoms with Crippen LogP contribution < -0.4 is 0 Å². The number of rotatable bonds is 6. The standard InChI is InChI=1S/C19H25N3O3S4/c23-17(15-2-1-3-20-12-15)16(13-28-18(26)21-4-8-24-9-5-21)14-29-19(27)22-6-10-25-11-7-22/h1-3,12,16H,4-11,13-14H2. The number of Topliss-reactive ketones (excluding diaryl/α,β-unsaturated/α-hetero) is 1. The summed E-state index contributed by atoms with van der Waals surface area (Å²) >= 11 is 14.3. The quantitative estimate of drug-likeness (QED) is 0.457. The van der Waals surface area contributed by atoms with Crippen molar-refractivity contribution in [3.05, 3.63) is 30.1 Å². The third-order valence-electron chi connectivity index (χ3n) is 4.67. The normalized spacial score (nSPS) is 17.4. The zero-order valence-electron chi connectivity index (χ0n) is 16.2. The minimum Gasteiger partial charge on any atom is -0.378 e. The molecule has 1 aromatic heterocycles. The van der Waals surface area contributed by atoms with Gasteiger partial charge in [0.2, 0.25) is 0 Å². The summed E-state index contributed by atoms with van der Waals surface area (Å²) in [6.07, 6.45) is 3.31. The summed E-state index contributed by atoms with van der Waals surface area (Å²) in [5.41, 5.74) is 0.633. The molecule has 0 saturated carbocycles. The number of ether oxygens (including phenoxy) is 2. The molecule has 6 nitrogen and oxygen atoms in total. The van der Waals surface area contributed by atoms with Gasteiger partial charge in [-0.05, 0) is 12.1 Å². The molecule has 0 amide bonds. The van der Waals surface area contributed by atoms with Gasteiger partial charge in [-0.2, -0.15) is 0 Å². The molecule has 3 rings (SSSR count). The van der Waals surface area contributed by atoms with Gasteiger partial charge in [-0.3, -0.25) is 9.78 Å². The van der Waals surface area contributed by atoms with Crippen LogP contribution in [0.3, 0.4) is 0 Å². The highest BCUT2D eigenvalue weighted by Crippen LogP contribution is 2.24. The Balaban J connectivity index is 1.58. The van der Waals surface area contributed by atoms with Crippen molar-refractivity contribution in [2.75, 3.05) is 64.1 Å². The van der Waals surface area contributed by atoms with Crippen molar-refractivity contribution in [3.63, 3.8) is 0 Å². The highest BCUT2D eigenvalue weighted by atomic mass is 32.2. The number of ketones is 1. The Morgan fingerprint density at radius 1 is 1.00 bits per heavy atom. The van der Waals surface area contributed by atoms with Crippen molar-refractivity contribution < 1.29 is 14.3 Å². The van der Waals surface area contributed by atoms with E-state index in [4.69, 9.17) is 33.9 Å². The first-order chi connectivity index (χ1) is 14.1. The molecule has 3 heterocycles. The van der Waals surface area contributed by atoms with Crippen molar-refractivity contribution >= 4 is 62.4 Å². The Labute approximate surface area is 191 Å². The van der Waals surface area contributed by atoms with Crippen LogP contribution in [-0.2, 0) is 9.47 Å². The number of pyridine rings is 1. The molecule has 10 heteroatoms. The Bertz CT molecular complexity index is 661. The summed E-state index contributed by atoms with van der Waals surface area (Å²) in [6.45, 7) is 6.02. The predicted octanol–water partition coefficient (Wildman–Crippen LogP) is 2.58. The average molecular weight is 472 g/mol. The maximum absolute atomic E-state index is 13.1. The first-order valence-corrected chi connectivity index (χ1v) is 12.4. The van der Waals surface area contributed by atoms with Crippen LogP contribution in [0.2, 0.25) is 0 Å². The van der Waals surface area contributed by atoms with Crippen molar-refractivity contribution in [2.24, 2.45) is 5.92 Å². The minimum absolute atomic E-state index is 0.0904. The average Bonchev–Trinajstić information content (AvgIpc) is 2.80. The first kappa shape index (κ1) is 22.9. The number of carbonyl (C=O) groups excluding carboxylic acids is 1. The van der Waals surface area contributed by atoms with Crippen molar-refractivity contribution in [3.8, 4) is 0 Å². The van der Waals surface area contributed by atoms with E-state index in [0.717, 1.165) is 34.8 Å². The number of thioether (sulfide) groups is 2. The molecule has 0 unspecified atom stereocenters. The van der Waals surface area contributed by atoms with E-state index in [1.165, 1.54) is 0 Å². The van der Waals surface area contributed by atoms with Crippen LogP contribution in [0.4, 0.5) is 0 Å². The fraction of sp³-hybridized carbons (Fsp3) is 0.579. The fourth-order valence-corrected chi connectivity index (χ4v) is 5.84. The Hall–Kier alpha value is -0.780. The van der Waals surface area contributed by atoms with Crippen molar-refractivity contribution in [2.45, 2.75) is 0 Å². The van der Waals surface area contributed by atoms with Gasteiger partial charge in [0, 0.05) is 61.6 Å². The lowest BCUT2D eigenvalue weighted by Gasteiger charge is -2.30. The summed E-state index contributed by atoms with van der Waals surface area (Å²) in [7, 11) is 0. The lowest BCUT2D eigenvalue weighted by molar-refractivity contribution is 0.0702. The predicted molar refractivity (Wildman–Crippen MR) is 127 cm³/mol. The topological polar surface area (TPSA) is 54.9 Å². The second-order valence-corrected chi connectivity index (χ2v) is 9.96. The van der Waals surface area contributed by atoms with Crippen molar-refractivity contribution in [1.29, 1.82) is 0 Å². The van der Waals surface area contributed by atoms with Gasteiger partial charge in [-0.15, -0.1) is 0 Å². The molecule has 2 saturated heterocycles. The second-order valence-electron chi connectivity index (χ2n) is 6.66. The van der Waals surface area contributed by atoms with Crippen LogP contribution in [-0.4, -0.2) is 93.3 Å². The summed E-state index contributed by atoms with van der Waals surface area (Å²) < 4.78 is 12.4. The number of hydrogen-bond donors (Lipinski definition) is 0. The highest BCUT2D eigenvalue weighted by molar-refractivity contribution is 8.23. The second kappa shape index (κ2) is 12.2. The molecule has 0 aromatic carbocycles. The molecule has 158 valence electrons. The fourth-order valence-electron chi connectivity index (χ4n) is 2.96. The zero-order chi connectivity index (χ0) is 20.5. The molecule has 0 bridgehead atoms. The van der Waals surface area contributed by atoms with Gasteiger partial charge in [0.1, 0.15) is 8.64 Å². The van der Waals surface area contributed by atoms with Crippen LogP contribution in [0.5, 0.6) is 0 Å². The molecular weight excluding hydrogens is 446 g/mol. The molecule has 0 aliphatic carbocycles. The van der Waals surface area contributed by atoms with E-state index in [2.05, 4.69) is 14.8 Å². The van der Waals surface area contributed by atoms with E-state index in [9.17, 15) is 4.79 Å². The van der Waals surface area contributed by atoms with Gasteiger partial charge in [0.25, 0.3) is 0 Å². The summed E-state index contributed by atoms with van der Waals surface area (Å²) in [5.74, 6) is 1.16. The molecule has 0 radical (unpaired) electrons. The number of morpholine rings is 2. The molecule has 0 spiro atoms. The van der Waals surface area contributed by atoms with Gasteiger partial charge in [0.05, 0.1) is 26.4 Å². The van der Waals surface area contributed by atoms with Crippen LogP contribution in [0.15, 0.2) is 24.5 Å². The Kier molecular flexibility index (Phi) is 9.60. The third-order valence-corrected chi connectivity index (χ3v) is 8.04. The molecular formula is C19H25N3O3S4. The summed E-state index contributed by atoms with van der Waals surface area (Å²) in [6, 6.07) is 3.61. The van der Waals surface area contributed by atoms with Crippen LogP contribution in [0.25, 0.3) is 0 Å². The molecule has 29 heavy (non-hydrogen) atoms. The zero-order valence-corrected chi connectivity index (χ0v) is 19.4. The smallest absolute Gasteiger partial charge is 0.169 e. The van der Waals surface area contributed by atoms with E-state index < -0.39 is 0 Å². The lowest BCUT2D eigenvalue weighted by Crippen LogP contribution is -2.39. The molecule has 2 aliphatic rings.